The van der Waals surface area contributed by atoms with Gasteiger partial charge in [-0.3, -0.25) is 10.1 Å². The predicted molar refractivity (Wildman–Crippen MR) is 93.4 cm³/mol. The summed E-state index contributed by atoms with van der Waals surface area (Å²) in [6.45, 7) is 0. The van der Waals surface area contributed by atoms with Gasteiger partial charge in [-0.2, -0.15) is 0 Å². The number of hydrogen-bond donors (Lipinski definition) is 1. The molecular weight excluding hydrogens is 358 g/mol. The number of carbonyl (C=O) groups is 1. The summed E-state index contributed by atoms with van der Waals surface area (Å²) in [4.78, 5) is 12.0. The van der Waals surface area contributed by atoms with Gasteiger partial charge in [0, 0.05) is 5.56 Å². The minimum atomic E-state index is -3.81. The highest BCUT2D eigenvalue weighted by Crippen LogP contribution is 2.20. The van der Waals surface area contributed by atoms with Crippen LogP contribution in [0.3, 0.4) is 0 Å². The molecule has 9 heteroatoms. The van der Waals surface area contributed by atoms with E-state index >= 15 is 0 Å². The molecule has 0 saturated heterocycles. The number of sulfone groups is 1. The molecule has 3 aromatic rings. The molecule has 0 spiro atoms. The van der Waals surface area contributed by atoms with E-state index in [0.29, 0.717) is 11.3 Å². The van der Waals surface area contributed by atoms with Crippen LogP contribution < -0.4 is 10.1 Å². The first-order chi connectivity index (χ1) is 12.5. The lowest BCUT2D eigenvalue weighted by Gasteiger charge is -2.05. The van der Waals surface area contributed by atoms with Gasteiger partial charge in [-0.05, 0) is 36.4 Å². The zero-order chi connectivity index (χ0) is 18.6. The summed E-state index contributed by atoms with van der Waals surface area (Å²) in [5.74, 6) is -0.779. The maximum Gasteiger partial charge on any atom is 0.322 e. The molecule has 8 nitrogen and oxygen atoms in total. The largest absolute Gasteiger partial charge is 0.497 e. The Kier molecular flexibility index (Phi) is 4.99. The standard InChI is InChI=1S/C17H15N3O5S/c1-24-13-7-9-14(10-8-13)26(22,23)11-15(21)18-17-20-19-16(25-17)12-5-3-2-4-6-12/h2-10H,11H2,1H3,(H,18,20,21). The van der Waals surface area contributed by atoms with Crippen LogP contribution >= 0.6 is 0 Å². The molecule has 26 heavy (non-hydrogen) atoms. The third kappa shape index (κ3) is 4.06. The summed E-state index contributed by atoms with van der Waals surface area (Å²) >= 11 is 0. The molecule has 0 fully saturated rings. The van der Waals surface area contributed by atoms with Gasteiger partial charge >= 0.3 is 6.01 Å². The first-order valence-electron chi connectivity index (χ1n) is 7.53. The first kappa shape index (κ1) is 17.6. The van der Waals surface area contributed by atoms with Gasteiger partial charge in [-0.15, -0.1) is 5.10 Å². The van der Waals surface area contributed by atoms with Gasteiger partial charge in [0.25, 0.3) is 0 Å². The fourth-order valence-electron chi connectivity index (χ4n) is 2.17. The van der Waals surface area contributed by atoms with Crippen molar-refractivity contribution in [3.63, 3.8) is 0 Å². The van der Waals surface area contributed by atoms with Crippen LogP contribution in [0.15, 0.2) is 63.9 Å². The van der Waals surface area contributed by atoms with Crippen LogP contribution in [0.4, 0.5) is 6.01 Å². The van der Waals surface area contributed by atoms with Crippen LogP contribution in [0.2, 0.25) is 0 Å². The van der Waals surface area contributed by atoms with Gasteiger partial charge in [-0.25, -0.2) is 8.42 Å². The molecule has 0 saturated carbocycles. The molecule has 0 atom stereocenters. The molecule has 1 heterocycles. The Morgan fingerprint density at radius 2 is 1.77 bits per heavy atom. The lowest BCUT2D eigenvalue weighted by molar-refractivity contribution is -0.114. The van der Waals surface area contributed by atoms with Gasteiger partial charge in [0.2, 0.25) is 11.8 Å². The van der Waals surface area contributed by atoms with E-state index in [4.69, 9.17) is 9.15 Å². The third-order valence-corrected chi connectivity index (χ3v) is 5.06. The number of ether oxygens (including phenoxy) is 1. The highest BCUT2D eigenvalue weighted by molar-refractivity contribution is 7.92. The van der Waals surface area contributed by atoms with Crippen LogP contribution in [-0.4, -0.2) is 37.4 Å². The van der Waals surface area contributed by atoms with Crippen molar-refractivity contribution in [1.29, 1.82) is 0 Å². The molecule has 0 aliphatic rings. The molecule has 1 amide bonds. The number of amides is 1. The van der Waals surface area contributed by atoms with E-state index in [-0.39, 0.29) is 16.8 Å². The average Bonchev–Trinajstić information content (AvgIpc) is 3.10. The minimum Gasteiger partial charge on any atom is -0.497 e. The van der Waals surface area contributed by atoms with Crippen LogP contribution in [0.25, 0.3) is 11.5 Å². The Labute approximate surface area is 149 Å². The van der Waals surface area contributed by atoms with Gasteiger partial charge in [0.05, 0.1) is 12.0 Å². The van der Waals surface area contributed by atoms with E-state index < -0.39 is 21.5 Å². The molecule has 0 aliphatic carbocycles. The Morgan fingerprint density at radius 3 is 2.42 bits per heavy atom. The molecule has 134 valence electrons. The maximum absolute atomic E-state index is 12.3. The zero-order valence-corrected chi connectivity index (χ0v) is 14.6. The summed E-state index contributed by atoms with van der Waals surface area (Å²) in [5.41, 5.74) is 0.686. The Bertz CT molecular complexity index is 998. The lowest BCUT2D eigenvalue weighted by atomic mass is 10.2. The quantitative estimate of drug-likeness (QED) is 0.704. The zero-order valence-electron chi connectivity index (χ0n) is 13.7. The predicted octanol–water partition coefficient (Wildman–Crippen LogP) is 2.16. The van der Waals surface area contributed by atoms with E-state index in [0.717, 1.165) is 0 Å². The van der Waals surface area contributed by atoms with Crippen molar-refractivity contribution in [3.05, 3.63) is 54.6 Å². The topological polar surface area (TPSA) is 111 Å². The van der Waals surface area contributed by atoms with E-state index in [1.807, 2.05) is 6.07 Å². The van der Waals surface area contributed by atoms with E-state index in [1.54, 1.807) is 24.3 Å². The average molecular weight is 373 g/mol. The summed E-state index contributed by atoms with van der Waals surface area (Å²) < 4.78 is 34.9. The third-order valence-electron chi connectivity index (χ3n) is 3.43. The molecule has 3 rings (SSSR count). The lowest BCUT2D eigenvalue weighted by Crippen LogP contribution is -2.23. The normalized spacial score (nSPS) is 11.1. The summed E-state index contributed by atoms with van der Waals surface area (Å²) in [5, 5.41) is 9.81. The molecule has 0 aliphatic heterocycles. The molecule has 1 N–H and O–H groups in total. The summed E-state index contributed by atoms with van der Waals surface area (Å²) in [6.07, 6.45) is 0. The number of anilines is 1. The van der Waals surface area contributed by atoms with Gasteiger partial charge in [0.1, 0.15) is 11.5 Å². The summed E-state index contributed by atoms with van der Waals surface area (Å²) in [6, 6.07) is 14.6. The second-order valence-corrected chi connectivity index (χ2v) is 7.25. The van der Waals surface area contributed by atoms with E-state index in [2.05, 4.69) is 15.5 Å². The van der Waals surface area contributed by atoms with Crippen molar-refractivity contribution in [2.45, 2.75) is 4.90 Å². The second-order valence-electron chi connectivity index (χ2n) is 5.26. The smallest absolute Gasteiger partial charge is 0.322 e. The van der Waals surface area contributed by atoms with Gasteiger partial charge in [-0.1, -0.05) is 23.3 Å². The highest BCUT2D eigenvalue weighted by Gasteiger charge is 2.21. The monoisotopic (exact) mass is 373 g/mol. The van der Waals surface area contributed by atoms with Crippen molar-refractivity contribution in [2.24, 2.45) is 0 Å². The van der Waals surface area contributed by atoms with Crippen LogP contribution in [-0.2, 0) is 14.6 Å². The molecule has 0 radical (unpaired) electrons. The molecular formula is C17H15N3O5S. The highest BCUT2D eigenvalue weighted by atomic mass is 32.2. The number of benzene rings is 2. The van der Waals surface area contributed by atoms with Crippen molar-refractivity contribution in [1.82, 2.24) is 10.2 Å². The molecule has 1 aromatic heterocycles. The number of nitrogens with zero attached hydrogens (tertiary/aromatic N) is 2. The van der Waals surface area contributed by atoms with Crippen molar-refractivity contribution >= 4 is 21.8 Å². The fraction of sp³-hybridized carbons (Fsp3) is 0.118. The number of carbonyl (C=O) groups excluding carboxylic acids is 1. The maximum atomic E-state index is 12.3. The molecule has 0 bridgehead atoms. The molecule has 0 unspecified atom stereocenters. The Balaban J connectivity index is 1.67. The minimum absolute atomic E-state index is 0.0175. The number of nitrogens with one attached hydrogen (secondary N) is 1. The Morgan fingerprint density at radius 1 is 1.08 bits per heavy atom. The van der Waals surface area contributed by atoms with Gasteiger partial charge < -0.3 is 9.15 Å². The first-order valence-corrected chi connectivity index (χ1v) is 9.19. The van der Waals surface area contributed by atoms with Crippen molar-refractivity contribution in [2.75, 3.05) is 18.2 Å². The van der Waals surface area contributed by atoms with Crippen LogP contribution in [0.5, 0.6) is 5.75 Å². The number of hydrogen-bond acceptors (Lipinski definition) is 7. The number of methoxy groups -OCH3 is 1. The van der Waals surface area contributed by atoms with Crippen molar-refractivity contribution in [3.8, 4) is 17.2 Å². The van der Waals surface area contributed by atoms with Gasteiger partial charge in [0.15, 0.2) is 9.84 Å². The number of rotatable bonds is 6. The summed E-state index contributed by atoms with van der Waals surface area (Å²) in [7, 11) is -2.33. The Hall–Kier alpha value is -3.20. The number of aromatic nitrogens is 2. The second kappa shape index (κ2) is 7.36. The van der Waals surface area contributed by atoms with E-state index in [1.165, 1.54) is 31.4 Å². The fourth-order valence-corrected chi connectivity index (χ4v) is 3.30. The van der Waals surface area contributed by atoms with Crippen LogP contribution in [0, 0.1) is 0 Å². The van der Waals surface area contributed by atoms with Crippen molar-refractivity contribution < 1.29 is 22.4 Å². The van der Waals surface area contributed by atoms with E-state index in [9.17, 15) is 13.2 Å². The van der Waals surface area contributed by atoms with Crippen LogP contribution in [0.1, 0.15) is 0 Å². The molecule has 2 aromatic carbocycles. The SMILES string of the molecule is COc1ccc(S(=O)(=O)CC(=O)Nc2nnc(-c3ccccc3)o2)cc1.